The van der Waals surface area contributed by atoms with Gasteiger partial charge in [-0.1, -0.05) is 18.2 Å². The number of hydrogen-bond acceptors (Lipinski definition) is 6. The summed E-state index contributed by atoms with van der Waals surface area (Å²) in [4.78, 5) is 5.07. The molecule has 152 valence electrons. The molecule has 4 aliphatic rings. The molecular weight excluding hydrogens is 356 g/mol. The van der Waals surface area contributed by atoms with Crippen LogP contribution in [0.3, 0.4) is 0 Å². The molecule has 1 saturated heterocycles. The first kappa shape index (κ1) is 18.4. The summed E-state index contributed by atoms with van der Waals surface area (Å²) < 4.78 is 17.5. The maximum absolute atomic E-state index is 10.2. The van der Waals surface area contributed by atoms with Crippen LogP contribution in [0.4, 0.5) is 0 Å². The van der Waals surface area contributed by atoms with Crippen LogP contribution in [-0.2, 0) is 16.7 Å². The van der Waals surface area contributed by atoms with Gasteiger partial charge >= 0.3 is 0 Å². The number of aliphatic hydroxyl groups is 1. The summed E-state index contributed by atoms with van der Waals surface area (Å²) in [7, 11) is 1.70. The van der Waals surface area contributed by atoms with Gasteiger partial charge < -0.3 is 19.3 Å². The molecule has 1 spiro atoms. The fourth-order valence-electron chi connectivity index (χ4n) is 5.29. The number of methoxy groups -OCH3 is 1. The lowest BCUT2D eigenvalue weighted by Crippen LogP contribution is -2.44. The third-order valence-corrected chi connectivity index (χ3v) is 6.87. The minimum atomic E-state index is -0.431. The highest BCUT2D eigenvalue weighted by Crippen LogP contribution is 2.55. The molecule has 1 aromatic rings. The molecule has 0 aromatic heterocycles. The largest absolute Gasteiger partial charge is 0.493 e. The molecule has 1 N–H and O–H groups in total. The molecule has 0 saturated carbocycles. The number of rotatable bonds is 4. The van der Waals surface area contributed by atoms with Gasteiger partial charge in [0.2, 0.25) is 0 Å². The van der Waals surface area contributed by atoms with E-state index in [4.69, 9.17) is 14.2 Å². The van der Waals surface area contributed by atoms with Gasteiger partial charge in [-0.2, -0.15) is 0 Å². The smallest absolute Gasteiger partial charge is 0.166 e. The summed E-state index contributed by atoms with van der Waals surface area (Å²) in [6.07, 6.45) is 5.38. The van der Waals surface area contributed by atoms with E-state index in [0.717, 1.165) is 70.4 Å². The van der Waals surface area contributed by atoms with Crippen LogP contribution < -0.4 is 9.47 Å². The molecule has 6 nitrogen and oxygen atoms in total. The van der Waals surface area contributed by atoms with Crippen molar-refractivity contribution in [3.63, 3.8) is 0 Å². The molecule has 3 atom stereocenters. The third-order valence-electron chi connectivity index (χ3n) is 6.87. The van der Waals surface area contributed by atoms with Gasteiger partial charge in [0.05, 0.1) is 31.8 Å². The van der Waals surface area contributed by atoms with Crippen molar-refractivity contribution in [2.45, 2.75) is 37.0 Å². The molecule has 0 bridgehead atoms. The van der Waals surface area contributed by atoms with Crippen LogP contribution in [0.25, 0.3) is 0 Å². The van der Waals surface area contributed by atoms with Crippen molar-refractivity contribution in [1.82, 2.24) is 9.80 Å². The average molecular weight is 386 g/mol. The SMILES string of the molecule is COc1ccc2c3c1O[C@H]1C[C@H](O)C=C[C@@]31CCN(CCN1CCOCC1)C2. The first-order valence-electron chi connectivity index (χ1n) is 10.5. The van der Waals surface area contributed by atoms with Crippen molar-refractivity contribution in [3.8, 4) is 11.5 Å². The summed E-state index contributed by atoms with van der Waals surface area (Å²) in [6, 6.07) is 4.24. The van der Waals surface area contributed by atoms with Gasteiger partial charge in [0, 0.05) is 44.7 Å². The van der Waals surface area contributed by atoms with E-state index in [9.17, 15) is 5.11 Å². The molecular formula is C22H30N2O4. The number of benzene rings is 1. The maximum Gasteiger partial charge on any atom is 0.166 e. The summed E-state index contributed by atoms with van der Waals surface area (Å²) in [6.45, 7) is 7.88. The second-order valence-electron chi connectivity index (χ2n) is 8.42. The molecule has 1 aliphatic carbocycles. The fourth-order valence-corrected chi connectivity index (χ4v) is 5.29. The number of aliphatic hydroxyl groups excluding tert-OH is 1. The highest BCUT2D eigenvalue weighted by Gasteiger charge is 2.52. The highest BCUT2D eigenvalue weighted by molar-refractivity contribution is 5.61. The molecule has 6 heteroatoms. The third kappa shape index (κ3) is 3.03. The van der Waals surface area contributed by atoms with Gasteiger partial charge in [-0.25, -0.2) is 0 Å². The second kappa shape index (κ2) is 7.34. The van der Waals surface area contributed by atoms with Crippen LogP contribution in [0.5, 0.6) is 11.5 Å². The van der Waals surface area contributed by atoms with Gasteiger partial charge in [0.1, 0.15) is 6.10 Å². The topological polar surface area (TPSA) is 54.4 Å². The van der Waals surface area contributed by atoms with Crippen molar-refractivity contribution < 1.29 is 19.3 Å². The highest BCUT2D eigenvalue weighted by atomic mass is 16.5. The van der Waals surface area contributed by atoms with Crippen LogP contribution in [0.15, 0.2) is 24.3 Å². The molecule has 0 amide bonds. The fraction of sp³-hybridized carbons (Fsp3) is 0.636. The Morgan fingerprint density at radius 3 is 2.82 bits per heavy atom. The zero-order valence-electron chi connectivity index (χ0n) is 16.6. The molecule has 0 unspecified atom stereocenters. The Labute approximate surface area is 166 Å². The van der Waals surface area contributed by atoms with E-state index in [1.165, 1.54) is 11.1 Å². The van der Waals surface area contributed by atoms with E-state index in [1.54, 1.807) is 7.11 Å². The number of hydrogen-bond donors (Lipinski definition) is 1. The number of nitrogens with zero attached hydrogens (tertiary/aromatic N) is 2. The molecule has 1 aromatic carbocycles. The summed E-state index contributed by atoms with van der Waals surface area (Å²) in [5.74, 6) is 1.69. The van der Waals surface area contributed by atoms with Crippen molar-refractivity contribution in [3.05, 3.63) is 35.4 Å². The van der Waals surface area contributed by atoms with Crippen molar-refractivity contribution in [2.24, 2.45) is 0 Å². The summed E-state index contributed by atoms with van der Waals surface area (Å²) in [5, 5.41) is 10.2. The minimum Gasteiger partial charge on any atom is -0.493 e. The van der Waals surface area contributed by atoms with Crippen molar-refractivity contribution in [1.29, 1.82) is 0 Å². The Balaban J connectivity index is 1.43. The van der Waals surface area contributed by atoms with Crippen LogP contribution >= 0.6 is 0 Å². The molecule has 0 radical (unpaired) electrons. The Bertz CT molecular complexity index is 761. The van der Waals surface area contributed by atoms with Crippen LogP contribution in [0.1, 0.15) is 24.0 Å². The quantitative estimate of drug-likeness (QED) is 0.793. The first-order chi connectivity index (χ1) is 13.7. The summed E-state index contributed by atoms with van der Waals surface area (Å²) in [5.41, 5.74) is 2.47. The number of morpholine rings is 1. The van der Waals surface area contributed by atoms with Crippen molar-refractivity contribution >= 4 is 0 Å². The maximum atomic E-state index is 10.2. The van der Waals surface area contributed by atoms with E-state index in [-0.39, 0.29) is 11.5 Å². The zero-order valence-corrected chi connectivity index (χ0v) is 16.6. The van der Waals surface area contributed by atoms with Crippen LogP contribution in [0.2, 0.25) is 0 Å². The van der Waals surface area contributed by atoms with E-state index in [1.807, 2.05) is 12.1 Å². The normalized spacial score (nSPS) is 32.4. The van der Waals surface area contributed by atoms with E-state index >= 15 is 0 Å². The Hall–Kier alpha value is -1.60. The summed E-state index contributed by atoms with van der Waals surface area (Å²) >= 11 is 0. The lowest BCUT2D eigenvalue weighted by molar-refractivity contribution is 0.0322. The Morgan fingerprint density at radius 1 is 1.18 bits per heavy atom. The molecule has 1 fully saturated rings. The van der Waals surface area contributed by atoms with Crippen molar-refractivity contribution in [2.75, 3.05) is 53.0 Å². The van der Waals surface area contributed by atoms with Gasteiger partial charge in [0.15, 0.2) is 11.5 Å². The lowest BCUT2D eigenvalue weighted by atomic mass is 9.69. The molecule has 28 heavy (non-hydrogen) atoms. The Morgan fingerprint density at radius 2 is 2.00 bits per heavy atom. The lowest BCUT2D eigenvalue weighted by Gasteiger charge is -2.36. The van der Waals surface area contributed by atoms with Gasteiger partial charge in [-0.15, -0.1) is 0 Å². The Kier molecular flexibility index (Phi) is 4.83. The van der Waals surface area contributed by atoms with E-state index in [0.29, 0.717) is 6.42 Å². The number of ether oxygens (including phenoxy) is 3. The average Bonchev–Trinajstić information content (AvgIpc) is 2.96. The second-order valence-corrected chi connectivity index (χ2v) is 8.42. The van der Waals surface area contributed by atoms with Crippen LogP contribution in [0, 0.1) is 0 Å². The molecule has 3 heterocycles. The predicted molar refractivity (Wildman–Crippen MR) is 106 cm³/mol. The predicted octanol–water partition coefficient (Wildman–Crippen LogP) is 1.55. The standard InChI is InChI=1S/C22H30N2O4/c1-26-18-3-2-16-15-24(9-8-23-10-12-27-13-11-23)7-6-22-5-4-17(25)14-19(22)28-21(18)20(16)22/h2-5,17,19,25H,6-15H2,1H3/t17-,19+,22+/m1/s1. The van der Waals surface area contributed by atoms with Gasteiger partial charge in [-0.3, -0.25) is 9.80 Å². The van der Waals surface area contributed by atoms with E-state index in [2.05, 4.69) is 21.9 Å². The monoisotopic (exact) mass is 386 g/mol. The van der Waals surface area contributed by atoms with Crippen LogP contribution in [-0.4, -0.2) is 80.2 Å². The van der Waals surface area contributed by atoms with Gasteiger partial charge in [-0.05, 0) is 24.6 Å². The minimum absolute atomic E-state index is 0.0169. The first-order valence-corrected chi connectivity index (χ1v) is 10.5. The van der Waals surface area contributed by atoms with E-state index < -0.39 is 6.10 Å². The van der Waals surface area contributed by atoms with Gasteiger partial charge in [0.25, 0.3) is 0 Å². The molecule has 3 aliphatic heterocycles. The zero-order chi connectivity index (χ0) is 19.1. The molecule has 5 rings (SSSR count).